The van der Waals surface area contributed by atoms with Gasteiger partial charge in [0.15, 0.2) is 0 Å². The molecule has 0 bridgehead atoms. The van der Waals surface area contributed by atoms with E-state index in [1.54, 1.807) is 0 Å². The molecule has 0 unspecified atom stereocenters. The molecule has 0 saturated carbocycles. The van der Waals surface area contributed by atoms with Gasteiger partial charge in [-0.15, -0.1) is 5.10 Å². The Bertz CT molecular complexity index is 1060. The summed E-state index contributed by atoms with van der Waals surface area (Å²) in [4.78, 5) is 27.4. The first-order chi connectivity index (χ1) is 13.4. The number of amides is 1. The van der Waals surface area contributed by atoms with Gasteiger partial charge in [-0.05, 0) is 23.5 Å². The third-order valence-corrected chi connectivity index (χ3v) is 4.61. The summed E-state index contributed by atoms with van der Waals surface area (Å²) in [5.41, 5.74) is 0.593. The van der Waals surface area contributed by atoms with Crippen molar-refractivity contribution in [2.24, 2.45) is 0 Å². The molecular weight excluding hydrogens is 410 g/mol. The van der Waals surface area contributed by atoms with Crippen molar-refractivity contribution in [2.45, 2.75) is 0 Å². The van der Waals surface area contributed by atoms with Gasteiger partial charge in [0.1, 0.15) is 10.9 Å². The molecule has 28 heavy (non-hydrogen) atoms. The number of nitrogens with zero attached hydrogens (tertiary/aromatic N) is 4. The van der Waals surface area contributed by atoms with E-state index in [2.05, 4.69) is 20.5 Å². The minimum absolute atomic E-state index is 0.141. The minimum atomic E-state index is -0.559. The molecule has 0 aliphatic carbocycles. The maximum Gasteiger partial charge on any atom is 0.295 e. The van der Waals surface area contributed by atoms with E-state index in [0.29, 0.717) is 11.3 Å². The summed E-state index contributed by atoms with van der Waals surface area (Å²) in [6.45, 7) is 0. The van der Waals surface area contributed by atoms with Gasteiger partial charge < -0.3 is 9.47 Å². The van der Waals surface area contributed by atoms with Crippen molar-refractivity contribution in [3.05, 3.63) is 51.3 Å². The van der Waals surface area contributed by atoms with E-state index >= 15 is 0 Å². The first-order valence-electron chi connectivity index (χ1n) is 7.60. The van der Waals surface area contributed by atoms with Crippen LogP contribution in [-0.4, -0.2) is 40.2 Å². The second kappa shape index (κ2) is 8.15. The van der Waals surface area contributed by atoms with Crippen molar-refractivity contribution < 1.29 is 19.2 Å². The number of rotatable bonds is 6. The summed E-state index contributed by atoms with van der Waals surface area (Å²) < 4.78 is 10.2. The molecule has 1 aromatic carbocycles. The van der Waals surface area contributed by atoms with E-state index in [4.69, 9.17) is 21.1 Å². The van der Waals surface area contributed by atoms with Gasteiger partial charge in [-0.3, -0.25) is 20.2 Å². The van der Waals surface area contributed by atoms with Gasteiger partial charge in [0.25, 0.3) is 16.8 Å². The number of carbonyl (C=O) groups is 1. The summed E-state index contributed by atoms with van der Waals surface area (Å²) in [5, 5.41) is 22.0. The summed E-state index contributed by atoms with van der Waals surface area (Å²) in [6.07, 6.45) is 1.37. The van der Waals surface area contributed by atoms with Gasteiger partial charge in [0.2, 0.25) is 5.13 Å². The van der Waals surface area contributed by atoms with Crippen LogP contribution in [-0.2, 0) is 0 Å². The summed E-state index contributed by atoms with van der Waals surface area (Å²) >= 11 is 7.01. The Kier molecular flexibility index (Phi) is 5.66. The normalized spacial score (nSPS) is 10.4. The number of benzene rings is 1. The zero-order valence-corrected chi connectivity index (χ0v) is 16.1. The molecule has 0 aliphatic heterocycles. The molecule has 1 amide bonds. The number of hydrogen-bond acceptors (Lipinski definition) is 9. The quantitative estimate of drug-likeness (QED) is 0.364. The van der Waals surface area contributed by atoms with E-state index in [0.717, 1.165) is 11.3 Å². The number of pyridine rings is 1. The molecule has 0 aliphatic rings. The summed E-state index contributed by atoms with van der Waals surface area (Å²) in [5.74, 6) is -0.241. The lowest BCUT2D eigenvalue weighted by atomic mass is 9.98. The SMILES string of the molecule is COc1nnc(NC(=O)c2ccc([N+](=O)[O-])cc2-c2cc(Cl)ncc2OC)s1. The molecule has 10 nitrogen and oxygen atoms in total. The summed E-state index contributed by atoms with van der Waals surface area (Å²) in [6, 6.07) is 5.30. The zero-order valence-electron chi connectivity index (χ0n) is 14.5. The standard InChI is InChI=1S/C16H12ClN5O5S/c1-26-12-7-18-13(17)6-11(12)10-5-8(22(24)25)3-4-9(10)14(23)19-15-20-21-16(27-2)28-15/h3-7H,1-2H3,(H,19,20,23). The number of methoxy groups -OCH3 is 2. The predicted molar refractivity (Wildman–Crippen MR) is 102 cm³/mol. The molecule has 0 fully saturated rings. The van der Waals surface area contributed by atoms with Gasteiger partial charge in [-0.2, -0.15) is 0 Å². The topological polar surface area (TPSA) is 129 Å². The first-order valence-corrected chi connectivity index (χ1v) is 8.79. The van der Waals surface area contributed by atoms with Crippen LogP contribution >= 0.6 is 22.9 Å². The number of hydrogen-bond donors (Lipinski definition) is 1. The molecule has 1 N–H and O–H groups in total. The van der Waals surface area contributed by atoms with Crippen molar-refractivity contribution in [1.29, 1.82) is 0 Å². The molecule has 3 rings (SSSR count). The van der Waals surface area contributed by atoms with Crippen molar-refractivity contribution in [3.63, 3.8) is 0 Å². The predicted octanol–water partition coefficient (Wildman–Crippen LogP) is 3.43. The zero-order chi connectivity index (χ0) is 20.3. The smallest absolute Gasteiger partial charge is 0.295 e. The average molecular weight is 422 g/mol. The highest BCUT2D eigenvalue weighted by molar-refractivity contribution is 7.17. The average Bonchev–Trinajstić information content (AvgIpc) is 3.14. The first kappa shape index (κ1) is 19.5. The molecular formula is C16H12ClN5O5S. The highest BCUT2D eigenvalue weighted by Crippen LogP contribution is 2.36. The Morgan fingerprint density at radius 3 is 2.64 bits per heavy atom. The number of halogens is 1. The van der Waals surface area contributed by atoms with Crippen LogP contribution in [0.5, 0.6) is 10.9 Å². The molecule has 0 radical (unpaired) electrons. The highest BCUT2D eigenvalue weighted by Gasteiger charge is 2.21. The Labute approximate surface area is 167 Å². The van der Waals surface area contributed by atoms with Crippen LogP contribution in [0.3, 0.4) is 0 Å². The Morgan fingerprint density at radius 1 is 1.21 bits per heavy atom. The van der Waals surface area contributed by atoms with E-state index in [1.807, 2.05) is 0 Å². The number of nitrogens with one attached hydrogen (secondary N) is 1. The molecule has 0 atom stereocenters. The minimum Gasteiger partial charge on any atom is -0.494 e. The molecule has 3 aromatic rings. The van der Waals surface area contributed by atoms with Crippen molar-refractivity contribution >= 4 is 39.7 Å². The van der Waals surface area contributed by atoms with Crippen LogP contribution in [0, 0.1) is 10.1 Å². The van der Waals surface area contributed by atoms with Crippen LogP contribution in [0.4, 0.5) is 10.8 Å². The molecule has 2 heterocycles. The number of anilines is 1. The highest BCUT2D eigenvalue weighted by atomic mass is 35.5. The Balaban J connectivity index is 2.09. The lowest BCUT2D eigenvalue weighted by molar-refractivity contribution is -0.384. The summed E-state index contributed by atoms with van der Waals surface area (Å²) in [7, 11) is 2.85. The van der Waals surface area contributed by atoms with E-state index in [1.165, 1.54) is 44.7 Å². The number of ether oxygens (including phenoxy) is 2. The van der Waals surface area contributed by atoms with Crippen LogP contribution in [0.2, 0.25) is 5.15 Å². The second-order valence-corrected chi connectivity index (χ2v) is 6.55. The molecule has 144 valence electrons. The van der Waals surface area contributed by atoms with Crippen molar-refractivity contribution in [1.82, 2.24) is 15.2 Å². The lowest BCUT2D eigenvalue weighted by Crippen LogP contribution is -2.13. The number of nitro groups is 1. The fraction of sp³-hybridized carbons (Fsp3) is 0.125. The van der Waals surface area contributed by atoms with E-state index < -0.39 is 10.8 Å². The third kappa shape index (κ3) is 4.00. The van der Waals surface area contributed by atoms with Gasteiger partial charge >= 0.3 is 0 Å². The van der Waals surface area contributed by atoms with E-state index in [9.17, 15) is 14.9 Å². The largest absolute Gasteiger partial charge is 0.494 e. The fourth-order valence-electron chi connectivity index (χ4n) is 2.36. The van der Waals surface area contributed by atoms with Gasteiger partial charge in [-0.25, -0.2) is 4.98 Å². The van der Waals surface area contributed by atoms with Gasteiger partial charge in [-0.1, -0.05) is 16.7 Å². The van der Waals surface area contributed by atoms with Crippen LogP contribution in [0.25, 0.3) is 11.1 Å². The number of non-ortho nitro benzene ring substituents is 1. The molecule has 2 aromatic heterocycles. The van der Waals surface area contributed by atoms with E-state index in [-0.39, 0.29) is 32.3 Å². The maximum atomic E-state index is 12.8. The van der Waals surface area contributed by atoms with Crippen molar-refractivity contribution in [3.8, 4) is 22.1 Å². The Hall–Kier alpha value is -3.31. The van der Waals surface area contributed by atoms with Crippen LogP contribution in [0.1, 0.15) is 10.4 Å². The lowest BCUT2D eigenvalue weighted by Gasteiger charge is -2.12. The van der Waals surface area contributed by atoms with Gasteiger partial charge in [0.05, 0.1) is 25.3 Å². The van der Waals surface area contributed by atoms with Crippen LogP contribution < -0.4 is 14.8 Å². The maximum absolute atomic E-state index is 12.8. The number of carbonyl (C=O) groups excluding carboxylic acids is 1. The number of nitro benzene ring substituents is 1. The van der Waals surface area contributed by atoms with Crippen LogP contribution in [0.15, 0.2) is 30.5 Å². The Morgan fingerprint density at radius 2 is 2.00 bits per heavy atom. The monoisotopic (exact) mass is 421 g/mol. The second-order valence-electron chi connectivity index (χ2n) is 5.23. The van der Waals surface area contributed by atoms with Crippen molar-refractivity contribution in [2.75, 3.05) is 19.5 Å². The molecule has 0 spiro atoms. The molecule has 0 saturated heterocycles. The third-order valence-electron chi connectivity index (χ3n) is 3.60. The van der Waals surface area contributed by atoms with Gasteiger partial charge in [0, 0.05) is 28.8 Å². The molecule has 12 heteroatoms. The number of aromatic nitrogens is 3. The fourth-order valence-corrected chi connectivity index (χ4v) is 3.08.